The van der Waals surface area contributed by atoms with E-state index < -0.39 is 11.7 Å². The first-order valence-corrected chi connectivity index (χ1v) is 11.7. The summed E-state index contributed by atoms with van der Waals surface area (Å²) in [5.41, 5.74) is 2.03. The minimum absolute atomic E-state index is 0.132. The molecule has 2 aliphatic rings. The Hall–Kier alpha value is -3.29. The van der Waals surface area contributed by atoms with Gasteiger partial charge in [0.2, 0.25) is 5.91 Å². The van der Waals surface area contributed by atoms with E-state index in [-0.39, 0.29) is 41.6 Å². The second-order valence-electron chi connectivity index (χ2n) is 8.99. The van der Waals surface area contributed by atoms with Crippen LogP contribution in [0.3, 0.4) is 0 Å². The number of hydrogen-bond donors (Lipinski definition) is 2. The highest BCUT2D eigenvalue weighted by Crippen LogP contribution is 2.48. The maximum absolute atomic E-state index is 14.4. The van der Waals surface area contributed by atoms with Gasteiger partial charge in [0.15, 0.2) is 0 Å². The highest BCUT2D eigenvalue weighted by molar-refractivity contribution is 5.80. The van der Waals surface area contributed by atoms with Gasteiger partial charge in [-0.25, -0.2) is 4.39 Å². The number of nitrogens with one attached hydrogen (secondary N) is 1. The summed E-state index contributed by atoms with van der Waals surface area (Å²) in [4.78, 5) is 29.1. The number of likely N-dealkylation sites (N-methyl/N-ethyl adjacent to an activating group) is 1. The summed E-state index contributed by atoms with van der Waals surface area (Å²) >= 11 is 0. The first kappa shape index (κ1) is 22.5. The standard InChI is InChI=1S/C27H28FN3O3/c1-2-30-23-15-31-22(13-12-19(27(31)34)18-10-6-7-11-21(18)28)25(30)24(20(23)16-32)26(33)29-14-17-8-4-3-5-9-17/h3-13,20,23-25,32H,2,14-16H2,1H3,(H,29,33)/t20-,23-,24+,25+/m1/s1. The molecule has 2 N–H and O–H groups in total. The Morgan fingerprint density at radius 1 is 1.06 bits per heavy atom. The molecule has 2 aromatic carbocycles. The quantitative estimate of drug-likeness (QED) is 0.592. The smallest absolute Gasteiger partial charge is 0.258 e. The van der Waals surface area contributed by atoms with E-state index in [2.05, 4.69) is 10.2 Å². The van der Waals surface area contributed by atoms with Crippen LogP contribution in [0.15, 0.2) is 71.5 Å². The Labute approximate surface area is 197 Å². The minimum Gasteiger partial charge on any atom is -0.396 e. The first-order chi connectivity index (χ1) is 16.5. The number of hydrogen-bond acceptors (Lipinski definition) is 4. The fourth-order valence-electron chi connectivity index (χ4n) is 5.74. The molecule has 2 aliphatic heterocycles. The van der Waals surface area contributed by atoms with Crippen molar-refractivity contribution in [1.29, 1.82) is 0 Å². The maximum atomic E-state index is 14.4. The van der Waals surface area contributed by atoms with E-state index in [0.717, 1.165) is 11.3 Å². The number of carbonyl (C=O) groups is 1. The molecule has 1 saturated heterocycles. The predicted octanol–water partition coefficient (Wildman–Crippen LogP) is 2.95. The zero-order chi connectivity index (χ0) is 23.8. The van der Waals surface area contributed by atoms with Crippen LogP contribution in [0.4, 0.5) is 4.39 Å². The number of benzene rings is 2. The van der Waals surface area contributed by atoms with Crippen LogP contribution >= 0.6 is 0 Å². The van der Waals surface area contributed by atoms with Crippen molar-refractivity contribution in [2.24, 2.45) is 11.8 Å². The van der Waals surface area contributed by atoms with Crippen molar-refractivity contribution in [3.8, 4) is 11.1 Å². The van der Waals surface area contributed by atoms with Gasteiger partial charge in [0.05, 0.1) is 17.5 Å². The highest BCUT2D eigenvalue weighted by Gasteiger charge is 2.55. The Bertz CT molecular complexity index is 1260. The van der Waals surface area contributed by atoms with E-state index in [0.29, 0.717) is 25.2 Å². The van der Waals surface area contributed by atoms with Crippen molar-refractivity contribution >= 4 is 5.91 Å². The Morgan fingerprint density at radius 2 is 1.79 bits per heavy atom. The molecule has 0 radical (unpaired) electrons. The number of aliphatic hydroxyl groups excluding tert-OH is 1. The predicted molar refractivity (Wildman–Crippen MR) is 127 cm³/mol. The monoisotopic (exact) mass is 461 g/mol. The molecule has 0 unspecified atom stereocenters. The molecule has 0 saturated carbocycles. The largest absolute Gasteiger partial charge is 0.396 e. The molecule has 7 heteroatoms. The Balaban J connectivity index is 1.53. The molecule has 6 nitrogen and oxygen atoms in total. The van der Waals surface area contributed by atoms with Crippen molar-refractivity contribution in [2.45, 2.75) is 32.1 Å². The SMILES string of the molecule is CCN1[C@@H]2Cn3c(ccc(-c4ccccc4F)c3=O)[C@H]1[C@@H](C(=O)NCc1ccccc1)[C@@H]2CO. The highest BCUT2D eigenvalue weighted by atomic mass is 19.1. The molecule has 34 heavy (non-hydrogen) atoms. The van der Waals surface area contributed by atoms with Gasteiger partial charge in [0.1, 0.15) is 5.82 Å². The number of pyridine rings is 1. The van der Waals surface area contributed by atoms with Gasteiger partial charge in [-0.05, 0) is 30.3 Å². The van der Waals surface area contributed by atoms with E-state index in [1.54, 1.807) is 28.8 Å². The van der Waals surface area contributed by atoms with Crippen LogP contribution in [0.25, 0.3) is 11.1 Å². The molecule has 3 heterocycles. The normalized spacial score (nSPS) is 23.5. The van der Waals surface area contributed by atoms with Gasteiger partial charge in [-0.3, -0.25) is 14.5 Å². The topological polar surface area (TPSA) is 74.6 Å². The van der Waals surface area contributed by atoms with Crippen LogP contribution in [0.2, 0.25) is 0 Å². The van der Waals surface area contributed by atoms with Gasteiger partial charge in [-0.2, -0.15) is 0 Å². The maximum Gasteiger partial charge on any atom is 0.258 e. The van der Waals surface area contributed by atoms with Crippen molar-refractivity contribution in [3.05, 3.63) is 94.2 Å². The molecular formula is C27H28FN3O3. The summed E-state index contributed by atoms with van der Waals surface area (Å²) < 4.78 is 16.1. The van der Waals surface area contributed by atoms with Gasteiger partial charge >= 0.3 is 0 Å². The fourth-order valence-corrected chi connectivity index (χ4v) is 5.74. The number of carbonyl (C=O) groups excluding carboxylic acids is 1. The molecule has 3 aromatic rings. The van der Waals surface area contributed by atoms with Crippen LogP contribution in [0, 0.1) is 17.7 Å². The summed E-state index contributed by atoms with van der Waals surface area (Å²) in [5, 5.41) is 13.3. The summed E-state index contributed by atoms with van der Waals surface area (Å²) in [6, 6.07) is 18.9. The van der Waals surface area contributed by atoms with Crippen molar-refractivity contribution in [2.75, 3.05) is 13.2 Å². The van der Waals surface area contributed by atoms with Crippen LogP contribution in [-0.4, -0.2) is 39.7 Å². The molecule has 4 atom stereocenters. The number of aromatic nitrogens is 1. The Morgan fingerprint density at radius 3 is 2.50 bits per heavy atom. The van der Waals surface area contributed by atoms with Crippen LogP contribution in [-0.2, 0) is 17.9 Å². The lowest BCUT2D eigenvalue weighted by Crippen LogP contribution is -2.46. The number of amides is 1. The van der Waals surface area contributed by atoms with Crippen molar-refractivity contribution < 1.29 is 14.3 Å². The van der Waals surface area contributed by atoms with Gasteiger partial charge < -0.3 is 15.0 Å². The molecule has 2 bridgehead atoms. The summed E-state index contributed by atoms with van der Waals surface area (Å²) in [6.45, 7) is 3.33. The van der Waals surface area contributed by atoms with E-state index in [1.807, 2.05) is 43.3 Å². The van der Waals surface area contributed by atoms with Gasteiger partial charge in [-0.15, -0.1) is 0 Å². The second-order valence-corrected chi connectivity index (χ2v) is 8.99. The minimum atomic E-state index is -0.494. The molecule has 5 rings (SSSR count). The molecule has 1 amide bonds. The number of nitrogens with zero attached hydrogens (tertiary/aromatic N) is 2. The number of halogens is 1. The fraction of sp³-hybridized carbons (Fsp3) is 0.333. The lowest BCUT2D eigenvalue weighted by Gasteiger charge is -2.37. The van der Waals surface area contributed by atoms with E-state index >= 15 is 0 Å². The van der Waals surface area contributed by atoms with Crippen molar-refractivity contribution in [3.63, 3.8) is 0 Å². The number of rotatable bonds is 6. The molecule has 1 aromatic heterocycles. The second kappa shape index (κ2) is 9.16. The van der Waals surface area contributed by atoms with Gasteiger partial charge in [0, 0.05) is 42.9 Å². The third kappa shape index (κ3) is 3.65. The zero-order valence-electron chi connectivity index (χ0n) is 19.0. The molecule has 1 fully saturated rings. The summed E-state index contributed by atoms with van der Waals surface area (Å²) in [5.74, 6) is -1.38. The lowest BCUT2D eigenvalue weighted by atomic mass is 9.86. The number of aliphatic hydroxyl groups is 1. The van der Waals surface area contributed by atoms with E-state index in [4.69, 9.17) is 0 Å². The Kier molecular flexibility index (Phi) is 6.06. The van der Waals surface area contributed by atoms with Crippen LogP contribution in [0.5, 0.6) is 0 Å². The summed E-state index contributed by atoms with van der Waals surface area (Å²) in [7, 11) is 0. The average molecular weight is 462 g/mol. The first-order valence-electron chi connectivity index (χ1n) is 11.7. The third-order valence-corrected chi connectivity index (χ3v) is 7.31. The third-order valence-electron chi connectivity index (χ3n) is 7.31. The zero-order valence-corrected chi connectivity index (χ0v) is 19.0. The van der Waals surface area contributed by atoms with Gasteiger partial charge in [0.25, 0.3) is 5.56 Å². The molecular weight excluding hydrogens is 433 g/mol. The van der Waals surface area contributed by atoms with E-state index in [9.17, 15) is 19.1 Å². The van der Waals surface area contributed by atoms with Crippen LogP contribution < -0.4 is 10.9 Å². The summed E-state index contributed by atoms with van der Waals surface area (Å²) in [6.07, 6.45) is 0. The van der Waals surface area contributed by atoms with Crippen molar-refractivity contribution in [1.82, 2.24) is 14.8 Å². The molecule has 0 spiro atoms. The number of fused-ring (bicyclic) bond motifs is 4. The molecule has 176 valence electrons. The lowest BCUT2D eigenvalue weighted by molar-refractivity contribution is -0.127. The van der Waals surface area contributed by atoms with E-state index in [1.165, 1.54) is 6.07 Å². The van der Waals surface area contributed by atoms with Crippen LogP contribution in [0.1, 0.15) is 24.2 Å². The molecule has 0 aliphatic carbocycles. The average Bonchev–Trinajstić information content (AvgIpc) is 3.09. The van der Waals surface area contributed by atoms with Gasteiger partial charge in [-0.1, -0.05) is 55.5 Å².